The van der Waals surface area contributed by atoms with Crippen molar-refractivity contribution in [2.75, 3.05) is 26.2 Å². The average Bonchev–Trinajstić information content (AvgIpc) is 3.44. The second-order valence-corrected chi connectivity index (χ2v) is 6.76. The van der Waals surface area contributed by atoms with Crippen LogP contribution in [0.5, 0.6) is 0 Å². The summed E-state index contributed by atoms with van der Waals surface area (Å²) in [5.41, 5.74) is 0.593. The highest BCUT2D eigenvalue weighted by Crippen LogP contribution is 2.19. The van der Waals surface area contributed by atoms with Gasteiger partial charge in [0.2, 0.25) is 0 Å². The molecule has 3 aromatic heterocycles. The van der Waals surface area contributed by atoms with E-state index in [1.54, 1.807) is 12.3 Å². The summed E-state index contributed by atoms with van der Waals surface area (Å²) >= 11 is 5.59. The zero-order chi connectivity index (χ0) is 18.8. The fraction of sp³-hybridized carbons (Fsp3) is 0.389. The number of rotatable bonds is 5. The van der Waals surface area contributed by atoms with Crippen molar-refractivity contribution in [2.24, 2.45) is 0 Å². The predicted octanol–water partition coefficient (Wildman–Crippen LogP) is 2.70. The molecule has 4 rings (SSSR count). The van der Waals surface area contributed by atoms with Crippen molar-refractivity contribution in [1.29, 1.82) is 0 Å². The molecule has 0 N–H and O–H groups in total. The Hall–Kier alpha value is -2.65. The largest absolute Gasteiger partial charge is 0.472 e. The average molecular weight is 387 g/mol. The lowest BCUT2D eigenvalue weighted by molar-refractivity contribution is 0.0584. The molecule has 3 aromatic rings. The summed E-state index contributed by atoms with van der Waals surface area (Å²) in [6, 6.07) is 5.42. The molecule has 27 heavy (non-hydrogen) atoms. The second kappa shape index (κ2) is 7.53. The number of hydrogen-bond donors (Lipinski definition) is 0. The minimum Gasteiger partial charge on any atom is -0.472 e. The van der Waals surface area contributed by atoms with E-state index in [-0.39, 0.29) is 5.91 Å². The summed E-state index contributed by atoms with van der Waals surface area (Å²) in [7, 11) is 0. The van der Waals surface area contributed by atoms with Crippen molar-refractivity contribution in [3.63, 3.8) is 0 Å². The number of carbonyl (C=O) groups is 1. The Morgan fingerprint density at radius 1 is 1.22 bits per heavy atom. The molecule has 1 fully saturated rings. The third-order valence-electron chi connectivity index (χ3n) is 4.74. The first-order chi connectivity index (χ1) is 13.2. The van der Waals surface area contributed by atoms with Gasteiger partial charge in [0.05, 0.1) is 24.8 Å². The zero-order valence-corrected chi connectivity index (χ0v) is 15.9. The van der Waals surface area contributed by atoms with Crippen LogP contribution >= 0.6 is 12.2 Å². The molecule has 4 heterocycles. The Bertz CT molecular complexity index is 950. The van der Waals surface area contributed by atoms with Gasteiger partial charge in [-0.3, -0.25) is 14.3 Å². The van der Waals surface area contributed by atoms with E-state index in [1.165, 1.54) is 12.5 Å². The number of piperazine rings is 1. The molecule has 0 spiro atoms. The van der Waals surface area contributed by atoms with Crippen LogP contribution in [0.4, 0.5) is 0 Å². The second-order valence-electron chi connectivity index (χ2n) is 6.39. The van der Waals surface area contributed by atoms with Crippen LogP contribution in [0.1, 0.15) is 17.3 Å². The molecule has 1 aliphatic heterocycles. The highest BCUT2D eigenvalue weighted by molar-refractivity contribution is 7.71. The van der Waals surface area contributed by atoms with Gasteiger partial charge in [0, 0.05) is 32.7 Å². The lowest BCUT2D eigenvalue weighted by atomic mass is 10.2. The van der Waals surface area contributed by atoms with Crippen LogP contribution in [0.3, 0.4) is 0 Å². The summed E-state index contributed by atoms with van der Waals surface area (Å²) in [4.78, 5) is 16.5. The van der Waals surface area contributed by atoms with Crippen molar-refractivity contribution in [3.8, 4) is 11.6 Å². The number of furan rings is 2. The lowest BCUT2D eigenvalue weighted by Crippen LogP contribution is -2.49. The molecule has 0 atom stereocenters. The van der Waals surface area contributed by atoms with Gasteiger partial charge in [-0.2, -0.15) is 0 Å². The van der Waals surface area contributed by atoms with E-state index >= 15 is 0 Å². The van der Waals surface area contributed by atoms with Crippen molar-refractivity contribution in [1.82, 2.24) is 24.1 Å². The first kappa shape index (κ1) is 17.7. The molecule has 0 saturated carbocycles. The van der Waals surface area contributed by atoms with E-state index in [2.05, 4.69) is 10.00 Å². The molecule has 0 aromatic carbocycles. The molecule has 1 saturated heterocycles. The maximum Gasteiger partial charge on any atom is 0.257 e. The van der Waals surface area contributed by atoms with Crippen LogP contribution in [-0.2, 0) is 13.2 Å². The van der Waals surface area contributed by atoms with Gasteiger partial charge in [-0.1, -0.05) is 0 Å². The van der Waals surface area contributed by atoms with Crippen LogP contribution in [0.2, 0.25) is 0 Å². The van der Waals surface area contributed by atoms with E-state index in [4.69, 9.17) is 21.1 Å². The maximum atomic E-state index is 12.4. The van der Waals surface area contributed by atoms with Gasteiger partial charge in [-0.15, -0.1) is 5.10 Å². The van der Waals surface area contributed by atoms with Crippen molar-refractivity contribution < 1.29 is 13.6 Å². The lowest BCUT2D eigenvalue weighted by Gasteiger charge is -2.34. The van der Waals surface area contributed by atoms with Gasteiger partial charge in [-0.25, -0.2) is 4.68 Å². The Balaban J connectivity index is 1.44. The molecular weight excluding hydrogens is 366 g/mol. The fourth-order valence-corrected chi connectivity index (χ4v) is 3.57. The molecule has 8 nitrogen and oxygen atoms in total. The topological polar surface area (TPSA) is 72.6 Å². The van der Waals surface area contributed by atoms with Crippen molar-refractivity contribution >= 4 is 18.1 Å². The summed E-state index contributed by atoms with van der Waals surface area (Å²) in [5.74, 6) is 1.45. The fourth-order valence-electron chi connectivity index (χ4n) is 3.26. The Kier molecular flexibility index (Phi) is 4.95. The first-order valence-corrected chi connectivity index (χ1v) is 9.33. The summed E-state index contributed by atoms with van der Waals surface area (Å²) in [5, 5.41) is 4.66. The van der Waals surface area contributed by atoms with E-state index in [1.807, 2.05) is 33.2 Å². The van der Waals surface area contributed by atoms with Crippen LogP contribution in [-0.4, -0.2) is 56.2 Å². The van der Waals surface area contributed by atoms with Crippen molar-refractivity contribution in [2.45, 2.75) is 20.1 Å². The quantitative estimate of drug-likeness (QED) is 0.627. The number of carbonyl (C=O) groups excluding carboxylic acids is 1. The minimum absolute atomic E-state index is 0.00961. The molecule has 0 aliphatic carbocycles. The molecule has 1 amide bonds. The summed E-state index contributed by atoms with van der Waals surface area (Å²) in [6.07, 6.45) is 4.64. The highest BCUT2D eigenvalue weighted by Gasteiger charge is 2.24. The van der Waals surface area contributed by atoms with Gasteiger partial charge in [0.1, 0.15) is 6.26 Å². The van der Waals surface area contributed by atoms with E-state index in [0.29, 0.717) is 35.9 Å². The van der Waals surface area contributed by atoms with Crippen LogP contribution < -0.4 is 0 Å². The highest BCUT2D eigenvalue weighted by atomic mass is 32.1. The Morgan fingerprint density at radius 3 is 2.67 bits per heavy atom. The predicted molar refractivity (Wildman–Crippen MR) is 101 cm³/mol. The number of amides is 1. The van der Waals surface area contributed by atoms with Gasteiger partial charge in [0.15, 0.2) is 16.4 Å². The van der Waals surface area contributed by atoms with E-state index in [0.717, 1.165) is 25.5 Å². The van der Waals surface area contributed by atoms with Gasteiger partial charge < -0.3 is 13.7 Å². The number of nitrogens with zero attached hydrogens (tertiary/aromatic N) is 5. The molecule has 142 valence electrons. The first-order valence-electron chi connectivity index (χ1n) is 8.92. The molecular formula is C18H21N5O3S. The molecule has 9 heteroatoms. The third-order valence-corrected chi connectivity index (χ3v) is 5.17. The van der Waals surface area contributed by atoms with E-state index in [9.17, 15) is 4.79 Å². The monoisotopic (exact) mass is 387 g/mol. The molecule has 0 unspecified atom stereocenters. The summed E-state index contributed by atoms with van der Waals surface area (Å²) in [6.45, 7) is 6.21. The normalized spacial score (nSPS) is 15.4. The van der Waals surface area contributed by atoms with Gasteiger partial charge in [0.25, 0.3) is 5.91 Å². The van der Waals surface area contributed by atoms with Crippen molar-refractivity contribution in [3.05, 3.63) is 47.3 Å². The van der Waals surface area contributed by atoms with E-state index < -0.39 is 0 Å². The molecule has 1 aliphatic rings. The zero-order valence-electron chi connectivity index (χ0n) is 15.1. The smallest absolute Gasteiger partial charge is 0.257 e. The molecule has 0 radical (unpaired) electrons. The third kappa shape index (κ3) is 3.47. The van der Waals surface area contributed by atoms with Crippen LogP contribution in [0, 0.1) is 4.77 Å². The van der Waals surface area contributed by atoms with Gasteiger partial charge in [-0.05, 0) is 37.3 Å². The van der Waals surface area contributed by atoms with Crippen LogP contribution in [0.25, 0.3) is 11.6 Å². The SMILES string of the molecule is CCn1c(-c2ccco2)nn(CN2CCN(C(=O)c3ccoc3)CC2)c1=S. The van der Waals surface area contributed by atoms with Crippen LogP contribution in [0.15, 0.2) is 45.8 Å². The molecule has 0 bridgehead atoms. The Labute approximate surface area is 161 Å². The minimum atomic E-state index is 0.00961. The maximum absolute atomic E-state index is 12.4. The number of hydrogen-bond acceptors (Lipinski definition) is 6. The number of aromatic nitrogens is 3. The van der Waals surface area contributed by atoms with Gasteiger partial charge >= 0.3 is 0 Å². The summed E-state index contributed by atoms with van der Waals surface area (Å²) < 4.78 is 14.9. The standard InChI is InChI=1S/C18H21N5O3S/c1-2-22-16(15-4-3-10-26-15)19-23(18(22)27)13-20-6-8-21(9-7-20)17(24)14-5-11-25-12-14/h3-5,10-12H,2,6-9,13H2,1H3. The Morgan fingerprint density at radius 2 is 2.04 bits per heavy atom.